The first-order valence-electron chi connectivity index (χ1n) is 16.2. The van der Waals surface area contributed by atoms with Crippen LogP contribution in [-0.4, -0.2) is 23.2 Å². The van der Waals surface area contributed by atoms with Gasteiger partial charge in [0.1, 0.15) is 0 Å². The van der Waals surface area contributed by atoms with Crippen LogP contribution in [0.15, 0.2) is 143 Å². The topological polar surface area (TPSA) is 29.7 Å². The molecule has 3 aromatic carbocycles. The van der Waals surface area contributed by atoms with E-state index in [0.717, 1.165) is 25.7 Å². The molecule has 0 saturated heterocycles. The van der Waals surface area contributed by atoms with Crippen LogP contribution >= 0.6 is 11.8 Å². The number of allylic oxidation sites excluding steroid dienone is 8. The molecular weight excluding hydrogens is 555 g/mol. The van der Waals surface area contributed by atoms with Gasteiger partial charge < -0.3 is 15.2 Å². The smallest absolute Gasteiger partial charge is 0.0629 e. The highest BCUT2D eigenvalue weighted by Gasteiger charge is 2.41. The molecule has 218 valence electrons. The summed E-state index contributed by atoms with van der Waals surface area (Å²) in [6.07, 6.45) is 25.4. The normalized spacial score (nSPS) is 31.2. The van der Waals surface area contributed by atoms with Gasteiger partial charge in [-0.05, 0) is 78.7 Å². The van der Waals surface area contributed by atoms with Crippen molar-refractivity contribution in [3.05, 3.63) is 155 Å². The van der Waals surface area contributed by atoms with Crippen LogP contribution in [0.2, 0.25) is 0 Å². The molecule has 7 atom stereocenters. The van der Waals surface area contributed by atoms with E-state index in [-0.39, 0.29) is 17.5 Å². The van der Waals surface area contributed by atoms with E-state index >= 15 is 0 Å². The van der Waals surface area contributed by atoms with Crippen LogP contribution in [0.3, 0.4) is 0 Å². The molecule has 0 radical (unpaired) electrons. The zero-order chi connectivity index (χ0) is 29.0. The van der Waals surface area contributed by atoms with Crippen molar-refractivity contribution in [1.82, 2.24) is 0 Å². The molecule has 0 N–H and O–H groups in total. The summed E-state index contributed by atoms with van der Waals surface area (Å²) >= 11 is 1.96. The summed E-state index contributed by atoms with van der Waals surface area (Å²) in [7, 11) is 0. The molecule has 9 rings (SSSR count). The van der Waals surface area contributed by atoms with Gasteiger partial charge in [-0.25, -0.2) is 0 Å². The third kappa shape index (κ3) is 4.34. The molecule has 44 heavy (non-hydrogen) atoms. The Bertz CT molecular complexity index is 1780. The second kappa shape index (κ2) is 10.9. The van der Waals surface area contributed by atoms with Crippen molar-refractivity contribution < 1.29 is 0 Å². The van der Waals surface area contributed by atoms with E-state index in [9.17, 15) is 0 Å². The monoisotopic (exact) mass is 590 g/mol. The van der Waals surface area contributed by atoms with Gasteiger partial charge in [0.15, 0.2) is 0 Å². The van der Waals surface area contributed by atoms with Crippen molar-refractivity contribution in [2.45, 2.75) is 65.9 Å². The number of benzene rings is 3. The SMILES string of the molecule is C1=CC2c3c(C4C=CCC(C5N=C(C6=CCCC=C6)C6Sc7ccccc7C6[N-]5)C4)cccc3N(c3ccccc3)C2C=C1. The number of rotatable bonds is 4. The van der Waals surface area contributed by atoms with E-state index in [4.69, 9.17) is 10.3 Å². The fourth-order valence-electron chi connectivity index (χ4n) is 8.27. The van der Waals surface area contributed by atoms with Gasteiger partial charge >= 0.3 is 0 Å². The highest BCUT2D eigenvalue weighted by Crippen LogP contribution is 2.55. The maximum absolute atomic E-state index is 5.55. The molecule has 3 nitrogen and oxygen atoms in total. The van der Waals surface area contributed by atoms with Gasteiger partial charge in [-0.3, -0.25) is 0 Å². The van der Waals surface area contributed by atoms with Crippen molar-refractivity contribution in [2.24, 2.45) is 10.9 Å². The first-order valence-corrected chi connectivity index (χ1v) is 17.1. The van der Waals surface area contributed by atoms with Crippen LogP contribution in [0.1, 0.15) is 60.3 Å². The van der Waals surface area contributed by atoms with Crippen LogP contribution in [0.5, 0.6) is 0 Å². The van der Waals surface area contributed by atoms with Gasteiger partial charge in [0.25, 0.3) is 0 Å². The lowest BCUT2D eigenvalue weighted by Gasteiger charge is -2.48. The Morgan fingerprint density at radius 2 is 1.68 bits per heavy atom. The van der Waals surface area contributed by atoms with Crippen molar-refractivity contribution in [1.29, 1.82) is 0 Å². The standard InChI is InChI=1S/C40H36N3S/c1-3-13-26(14-4-1)37-39-38(32-20-8-10-24-35(32)44-39)42-40(41-37)28-16-11-15-27(25-28)30-21-12-23-34-36(30)31-19-7-9-22-33(31)43(34)29-17-5-2-6-18-29/h2-3,5-15,17-24,27-28,31,33,38-40H,1,4,16,25H2/q-1. The second-order valence-electron chi connectivity index (χ2n) is 12.8. The van der Waals surface area contributed by atoms with Gasteiger partial charge in [0.05, 0.1) is 11.8 Å². The molecule has 0 saturated carbocycles. The number of para-hydroxylation sites is 1. The van der Waals surface area contributed by atoms with E-state index in [1.807, 2.05) is 11.8 Å². The lowest BCUT2D eigenvalue weighted by atomic mass is 9.76. The van der Waals surface area contributed by atoms with Crippen LogP contribution in [0.25, 0.3) is 5.32 Å². The number of aliphatic imine (C=N–C) groups is 1. The number of hydrogen-bond donors (Lipinski definition) is 0. The minimum Gasteiger partial charge on any atom is -0.632 e. The van der Waals surface area contributed by atoms with E-state index in [2.05, 4.69) is 132 Å². The van der Waals surface area contributed by atoms with E-state index < -0.39 is 0 Å². The highest BCUT2D eigenvalue weighted by atomic mass is 32.2. The van der Waals surface area contributed by atoms with Gasteiger partial charge in [0, 0.05) is 33.4 Å². The molecule has 3 aliphatic heterocycles. The fraction of sp³-hybridized carbons (Fsp3) is 0.275. The predicted molar refractivity (Wildman–Crippen MR) is 184 cm³/mol. The first-order chi connectivity index (χ1) is 21.8. The summed E-state index contributed by atoms with van der Waals surface area (Å²) in [5.74, 6) is 1.08. The average molecular weight is 591 g/mol. The summed E-state index contributed by atoms with van der Waals surface area (Å²) < 4.78 is 0. The van der Waals surface area contributed by atoms with Gasteiger partial charge in [-0.2, -0.15) is 0 Å². The lowest BCUT2D eigenvalue weighted by Crippen LogP contribution is -2.35. The third-order valence-corrected chi connectivity index (χ3v) is 11.6. The van der Waals surface area contributed by atoms with Crippen molar-refractivity contribution in [3.63, 3.8) is 0 Å². The molecule has 0 spiro atoms. The molecule has 3 aliphatic carbocycles. The molecule has 4 heteroatoms. The Kier molecular flexibility index (Phi) is 6.60. The molecule has 3 heterocycles. The van der Waals surface area contributed by atoms with Gasteiger partial charge in [-0.15, -0.1) is 11.8 Å². The summed E-state index contributed by atoms with van der Waals surface area (Å²) in [4.78, 5) is 9.43. The molecular formula is C40H36N3S-. The van der Waals surface area contributed by atoms with Gasteiger partial charge in [0.2, 0.25) is 0 Å². The van der Waals surface area contributed by atoms with Crippen LogP contribution < -0.4 is 4.90 Å². The van der Waals surface area contributed by atoms with E-state index in [1.165, 1.54) is 44.2 Å². The summed E-state index contributed by atoms with van der Waals surface area (Å²) in [5.41, 5.74) is 9.52. The molecule has 3 aromatic rings. The number of hydrogen-bond acceptors (Lipinski definition) is 3. The minimum absolute atomic E-state index is 0.0236. The molecule has 6 aliphatic rings. The van der Waals surface area contributed by atoms with E-state index in [0.29, 0.717) is 23.8 Å². The zero-order valence-corrected chi connectivity index (χ0v) is 25.6. The van der Waals surface area contributed by atoms with Crippen molar-refractivity contribution in [2.75, 3.05) is 4.90 Å². The number of nitrogens with zero attached hydrogens (tertiary/aromatic N) is 3. The molecule has 0 amide bonds. The Morgan fingerprint density at radius 3 is 2.59 bits per heavy atom. The maximum Gasteiger partial charge on any atom is 0.0629 e. The Balaban J connectivity index is 1.07. The quantitative estimate of drug-likeness (QED) is 0.283. The Hall–Kier alpha value is -3.86. The number of thioether (sulfide) groups is 1. The minimum atomic E-state index is -0.0236. The van der Waals surface area contributed by atoms with Crippen LogP contribution in [-0.2, 0) is 0 Å². The molecule has 0 bridgehead atoms. The lowest BCUT2D eigenvalue weighted by molar-refractivity contribution is 0.387. The molecule has 7 unspecified atom stereocenters. The molecule has 0 fully saturated rings. The number of anilines is 2. The summed E-state index contributed by atoms with van der Waals surface area (Å²) in [6, 6.07) is 27.2. The predicted octanol–water partition coefficient (Wildman–Crippen LogP) is 10.1. The summed E-state index contributed by atoms with van der Waals surface area (Å²) in [6.45, 7) is 0. The maximum atomic E-state index is 5.55. The van der Waals surface area contributed by atoms with E-state index in [1.54, 1.807) is 0 Å². The van der Waals surface area contributed by atoms with Crippen molar-refractivity contribution >= 4 is 28.8 Å². The van der Waals surface area contributed by atoms with Gasteiger partial charge in [-0.1, -0.05) is 115 Å². The second-order valence-corrected chi connectivity index (χ2v) is 14.0. The number of fused-ring (bicyclic) bond motifs is 6. The fourth-order valence-corrected chi connectivity index (χ4v) is 9.68. The van der Waals surface area contributed by atoms with Crippen LogP contribution in [0.4, 0.5) is 11.4 Å². The summed E-state index contributed by atoms with van der Waals surface area (Å²) in [5, 5.41) is 5.82. The third-order valence-electron chi connectivity index (χ3n) is 10.3. The largest absolute Gasteiger partial charge is 0.632 e. The Morgan fingerprint density at radius 1 is 0.818 bits per heavy atom. The highest BCUT2D eigenvalue weighted by molar-refractivity contribution is 8.01. The average Bonchev–Trinajstić information content (AvgIpc) is 3.65. The van der Waals surface area contributed by atoms with Crippen LogP contribution in [0, 0.1) is 5.92 Å². The zero-order valence-electron chi connectivity index (χ0n) is 24.7. The first kappa shape index (κ1) is 26.5. The van der Waals surface area contributed by atoms with Crippen molar-refractivity contribution in [3.8, 4) is 0 Å². The molecule has 0 aromatic heterocycles. The Labute approximate surface area is 264 Å².